The number of ether oxygens (including phenoxy) is 2. The van der Waals surface area contributed by atoms with E-state index in [-0.39, 0.29) is 19.1 Å². The average molecular weight is 330 g/mol. The lowest BCUT2D eigenvalue weighted by Gasteiger charge is -2.22. The Labute approximate surface area is 141 Å². The largest absolute Gasteiger partial charge is 0.465 e. The molecule has 0 saturated heterocycles. The van der Waals surface area contributed by atoms with Gasteiger partial charge in [0.05, 0.1) is 30.0 Å². The van der Waals surface area contributed by atoms with Crippen LogP contribution in [-0.4, -0.2) is 55.2 Å². The Morgan fingerprint density at radius 3 is 2.71 bits per heavy atom. The number of benzene rings is 1. The molecule has 128 valence electrons. The number of pyridine rings is 1. The smallest absolute Gasteiger partial charge is 0.325 e. The zero-order chi connectivity index (χ0) is 17.5. The van der Waals surface area contributed by atoms with E-state index in [1.54, 1.807) is 21.0 Å². The van der Waals surface area contributed by atoms with Gasteiger partial charge in [0, 0.05) is 19.0 Å². The molecule has 0 aliphatic heterocycles. The van der Waals surface area contributed by atoms with Crippen LogP contribution in [0, 0.1) is 6.92 Å². The van der Waals surface area contributed by atoms with Crippen LogP contribution in [0.15, 0.2) is 30.3 Å². The monoisotopic (exact) mass is 330 g/mol. The van der Waals surface area contributed by atoms with Gasteiger partial charge < -0.3 is 14.4 Å². The molecule has 2 aromatic rings. The van der Waals surface area contributed by atoms with Gasteiger partial charge in [-0.15, -0.1) is 0 Å². The first-order valence-electron chi connectivity index (χ1n) is 7.87. The van der Waals surface area contributed by atoms with E-state index >= 15 is 0 Å². The van der Waals surface area contributed by atoms with E-state index in [2.05, 4.69) is 4.98 Å². The van der Waals surface area contributed by atoms with Crippen LogP contribution < -0.4 is 0 Å². The van der Waals surface area contributed by atoms with Crippen molar-refractivity contribution in [2.75, 3.05) is 33.4 Å². The number of para-hydroxylation sites is 1. The molecule has 1 aromatic carbocycles. The molecule has 0 unspecified atom stereocenters. The molecule has 0 saturated carbocycles. The Morgan fingerprint density at radius 2 is 2.00 bits per heavy atom. The highest BCUT2D eigenvalue weighted by atomic mass is 16.5. The molecule has 2 rings (SSSR count). The molecule has 0 aliphatic carbocycles. The van der Waals surface area contributed by atoms with Crippen molar-refractivity contribution >= 4 is 22.8 Å². The quantitative estimate of drug-likeness (QED) is 0.728. The van der Waals surface area contributed by atoms with Crippen molar-refractivity contribution in [3.63, 3.8) is 0 Å². The predicted octanol–water partition coefficient (Wildman–Crippen LogP) is 2.19. The van der Waals surface area contributed by atoms with Gasteiger partial charge in [-0.3, -0.25) is 14.6 Å². The van der Waals surface area contributed by atoms with Gasteiger partial charge in [0.2, 0.25) is 0 Å². The summed E-state index contributed by atoms with van der Waals surface area (Å²) in [5.41, 5.74) is 1.94. The maximum absolute atomic E-state index is 12.9. The number of hydrogen-bond donors (Lipinski definition) is 0. The Balaban J connectivity index is 2.30. The average Bonchev–Trinajstić information content (AvgIpc) is 2.57. The van der Waals surface area contributed by atoms with E-state index in [0.29, 0.717) is 24.4 Å². The third-order valence-corrected chi connectivity index (χ3v) is 3.62. The standard InChI is InChI=1S/C18H22N2O4/c1-4-24-17(21)12-20(9-10-23-3)18(22)15-11-14-7-5-6-8-16(14)19-13(15)2/h5-8,11H,4,9-10,12H2,1-3H3. The second-order valence-corrected chi connectivity index (χ2v) is 5.34. The van der Waals surface area contributed by atoms with Gasteiger partial charge in [0.1, 0.15) is 6.54 Å². The number of hydrogen-bond acceptors (Lipinski definition) is 5. The normalized spacial score (nSPS) is 10.6. The molecule has 6 nitrogen and oxygen atoms in total. The number of rotatable bonds is 7. The minimum atomic E-state index is -0.437. The number of carbonyl (C=O) groups excluding carboxylic acids is 2. The first-order valence-corrected chi connectivity index (χ1v) is 7.87. The van der Waals surface area contributed by atoms with Gasteiger partial charge in [0.25, 0.3) is 5.91 Å². The van der Waals surface area contributed by atoms with Gasteiger partial charge in [-0.1, -0.05) is 18.2 Å². The van der Waals surface area contributed by atoms with Crippen LogP contribution in [0.5, 0.6) is 0 Å². The van der Waals surface area contributed by atoms with Crippen molar-refractivity contribution in [1.29, 1.82) is 0 Å². The summed E-state index contributed by atoms with van der Waals surface area (Å²) in [7, 11) is 1.55. The number of fused-ring (bicyclic) bond motifs is 1. The van der Waals surface area contributed by atoms with Crippen LogP contribution in [0.1, 0.15) is 23.0 Å². The van der Waals surface area contributed by atoms with Gasteiger partial charge in [-0.05, 0) is 26.0 Å². The number of aryl methyl sites for hydroxylation is 1. The van der Waals surface area contributed by atoms with Crippen molar-refractivity contribution < 1.29 is 19.1 Å². The molecule has 0 atom stereocenters. The van der Waals surface area contributed by atoms with Crippen molar-refractivity contribution in [1.82, 2.24) is 9.88 Å². The summed E-state index contributed by atoms with van der Waals surface area (Å²) in [5, 5.41) is 0.884. The first-order chi connectivity index (χ1) is 11.6. The van der Waals surface area contributed by atoms with Crippen molar-refractivity contribution in [3.05, 3.63) is 41.6 Å². The third kappa shape index (κ3) is 4.29. The topological polar surface area (TPSA) is 68.7 Å². The number of amides is 1. The summed E-state index contributed by atoms with van der Waals surface area (Å²) in [5.74, 6) is -0.691. The molecule has 1 heterocycles. The second-order valence-electron chi connectivity index (χ2n) is 5.34. The SMILES string of the molecule is CCOC(=O)CN(CCOC)C(=O)c1cc2ccccc2nc1C. The third-order valence-electron chi connectivity index (χ3n) is 3.62. The lowest BCUT2D eigenvalue weighted by Crippen LogP contribution is -2.39. The van der Waals surface area contributed by atoms with Crippen LogP contribution in [0.4, 0.5) is 0 Å². The summed E-state index contributed by atoms with van der Waals surface area (Å²) in [6, 6.07) is 9.42. The van der Waals surface area contributed by atoms with Gasteiger partial charge in [0.15, 0.2) is 0 Å². The van der Waals surface area contributed by atoms with E-state index in [1.807, 2.05) is 30.3 Å². The van der Waals surface area contributed by atoms with Crippen molar-refractivity contribution in [3.8, 4) is 0 Å². The maximum Gasteiger partial charge on any atom is 0.325 e. The minimum Gasteiger partial charge on any atom is -0.465 e. The van der Waals surface area contributed by atoms with Crippen LogP contribution in [0.25, 0.3) is 10.9 Å². The Kier molecular flexibility index (Phi) is 6.26. The fourth-order valence-corrected chi connectivity index (χ4v) is 2.42. The molecule has 6 heteroatoms. The van der Waals surface area contributed by atoms with E-state index in [4.69, 9.17) is 9.47 Å². The highest BCUT2D eigenvalue weighted by molar-refractivity contribution is 5.99. The Morgan fingerprint density at radius 1 is 1.25 bits per heavy atom. The van der Waals surface area contributed by atoms with E-state index in [1.165, 1.54) is 4.90 Å². The second kappa shape index (κ2) is 8.40. The molecule has 0 fully saturated rings. The van der Waals surface area contributed by atoms with Crippen molar-refractivity contribution in [2.45, 2.75) is 13.8 Å². The van der Waals surface area contributed by atoms with Crippen LogP contribution in [0.3, 0.4) is 0 Å². The molecule has 0 N–H and O–H groups in total. The zero-order valence-corrected chi connectivity index (χ0v) is 14.2. The molecule has 0 spiro atoms. The molecular formula is C18H22N2O4. The van der Waals surface area contributed by atoms with Crippen molar-refractivity contribution in [2.24, 2.45) is 0 Å². The molecule has 1 amide bonds. The maximum atomic E-state index is 12.9. The number of nitrogens with zero attached hydrogens (tertiary/aromatic N) is 2. The first kappa shape index (κ1) is 17.9. The summed E-state index contributed by atoms with van der Waals surface area (Å²) < 4.78 is 9.99. The van der Waals surface area contributed by atoms with E-state index in [0.717, 1.165) is 10.9 Å². The molecular weight excluding hydrogens is 308 g/mol. The Hall–Kier alpha value is -2.47. The van der Waals surface area contributed by atoms with Crippen LogP contribution in [-0.2, 0) is 14.3 Å². The molecule has 0 bridgehead atoms. The highest BCUT2D eigenvalue weighted by Crippen LogP contribution is 2.18. The number of carbonyl (C=O) groups is 2. The fourth-order valence-electron chi connectivity index (χ4n) is 2.42. The number of aromatic nitrogens is 1. The number of esters is 1. The van der Waals surface area contributed by atoms with E-state index < -0.39 is 5.97 Å². The lowest BCUT2D eigenvalue weighted by atomic mass is 10.1. The molecule has 0 radical (unpaired) electrons. The molecule has 0 aliphatic rings. The zero-order valence-electron chi connectivity index (χ0n) is 14.2. The summed E-state index contributed by atoms with van der Waals surface area (Å²) in [4.78, 5) is 30.6. The number of methoxy groups -OCH3 is 1. The van der Waals surface area contributed by atoms with Gasteiger partial charge in [-0.2, -0.15) is 0 Å². The highest BCUT2D eigenvalue weighted by Gasteiger charge is 2.21. The predicted molar refractivity (Wildman–Crippen MR) is 90.9 cm³/mol. The molecule has 1 aromatic heterocycles. The van der Waals surface area contributed by atoms with Gasteiger partial charge in [-0.25, -0.2) is 0 Å². The summed E-state index contributed by atoms with van der Waals surface area (Å²) in [6.45, 7) is 4.34. The summed E-state index contributed by atoms with van der Waals surface area (Å²) >= 11 is 0. The fraction of sp³-hybridized carbons (Fsp3) is 0.389. The summed E-state index contributed by atoms with van der Waals surface area (Å²) in [6.07, 6.45) is 0. The van der Waals surface area contributed by atoms with Crippen LogP contribution >= 0.6 is 0 Å². The van der Waals surface area contributed by atoms with Crippen LogP contribution in [0.2, 0.25) is 0 Å². The minimum absolute atomic E-state index is 0.109. The van der Waals surface area contributed by atoms with E-state index in [9.17, 15) is 9.59 Å². The molecule has 24 heavy (non-hydrogen) atoms. The lowest BCUT2D eigenvalue weighted by molar-refractivity contribution is -0.143. The Bertz CT molecular complexity index is 730. The van der Waals surface area contributed by atoms with Gasteiger partial charge >= 0.3 is 5.97 Å².